The third-order valence-corrected chi connectivity index (χ3v) is 4.93. The summed E-state index contributed by atoms with van der Waals surface area (Å²) in [6.45, 7) is 7.08. The van der Waals surface area contributed by atoms with Crippen LogP contribution in [0.4, 0.5) is 0 Å². The van der Waals surface area contributed by atoms with E-state index >= 15 is 0 Å². The third kappa shape index (κ3) is 4.43. The molecule has 0 heterocycles. The molecule has 0 aromatic heterocycles. The fraction of sp³-hybridized carbons (Fsp3) is 0.524. The van der Waals surface area contributed by atoms with Crippen molar-refractivity contribution in [1.82, 2.24) is 5.43 Å². The lowest BCUT2D eigenvalue weighted by molar-refractivity contribution is 0.0953. The van der Waals surface area contributed by atoms with Gasteiger partial charge in [0.1, 0.15) is 0 Å². The molecule has 2 aliphatic carbocycles. The highest BCUT2D eigenvalue weighted by Gasteiger charge is 2.34. The molecule has 2 bridgehead atoms. The van der Waals surface area contributed by atoms with Crippen molar-refractivity contribution in [2.24, 2.45) is 22.9 Å². The second-order valence-corrected chi connectivity index (χ2v) is 6.76. The van der Waals surface area contributed by atoms with Gasteiger partial charge in [-0.05, 0) is 57.6 Å². The van der Waals surface area contributed by atoms with Gasteiger partial charge in [0.05, 0.1) is 19.8 Å². The van der Waals surface area contributed by atoms with Crippen LogP contribution in [-0.4, -0.2) is 31.9 Å². The van der Waals surface area contributed by atoms with E-state index in [2.05, 4.69) is 22.7 Å². The van der Waals surface area contributed by atoms with E-state index in [4.69, 9.17) is 14.2 Å². The van der Waals surface area contributed by atoms with Crippen LogP contribution in [0.25, 0.3) is 0 Å². The summed E-state index contributed by atoms with van der Waals surface area (Å²) in [7, 11) is 0. The average Bonchev–Trinajstić information content (AvgIpc) is 3.27. The molecule has 0 unspecified atom stereocenters. The topological polar surface area (TPSA) is 69.2 Å². The minimum atomic E-state index is -0.296. The molecule has 0 spiro atoms. The first-order valence-electron chi connectivity index (χ1n) is 9.74. The molecule has 1 saturated carbocycles. The molecule has 1 N–H and O–H groups in total. The Morgan fingerprint density at radius 3 is 2.26 bits per heavy atom. The fourth-order valence-electron chi connectivity index (χ4n) is 3.77. The second kappa shape index (κ2) is 8.93. The number of hydrogen-bond donors (Lipinski definition) is 1. The summed E-state index contributed by atoms with van der Waals surface area (Å²) in [5.74, 6) is 2.88. The van der Waals surface area contributed by atoms with E-state index in [9.17, 15) is 4.79 Å². The summed E-state index contributed by atoms with van der Waals surface area (Å²) in [5.41, 5.74) is 3.06. The van der Waals surface area contributed by atoms with E-state index in [1.165, 1.54) is 6.42 Å². The van der Waals surface area contributed by atoms with Gasteiger partial charge in [0.2, 0.25) is 5.75 Å². The number of carbonyl (C=O) groups is 1. The first kappa shape index (κ1) is 19.3. The van der Waals surface area contributed by atoms with Crippen LogP contribution in [0.1, 0.15) is 44.0 Å². The number of allylic oxidation sites excluding steroid dienone is 2. The SMILES string of the molecule is CCOc1cc(C(=O)N/N=C\[C@@H]2C[C@H]3C=C[C@@H]2C3)cc(OCC)c1OCC. The van der Waals surface area contributed by atoms with Crippen molar-refractivity contribution < 1.29 is 19.0 Å². The summed E-state index contributed by atoms with van der Waals surface area (Å²) in [6.07, 6.45) is 8.75. The van der Waals surface area contributed by atoms with Gasteiger partial charge in [-0.25, -0.2) is 5.43 Å². The van der Waals surface area contributed by atoms with E-state index in [0.717, 1.165) is 6.42 Å². The van der Waals surface area contributed by atoms with Crippen molar-refractivity contribution in [2.45, 2.75) is 33.6 Å². The van der Waals surface area contributed by atoms with Crippen LogP contribution in [0.3, 0.4) is 0 Å². The van der Waals surface area contributed by atoms with Gasteiger partial charge >= 0.3 is 0 Å². The molecule has 0 aliphatic heterocycles. The van der Waals surface area contributed by atoms with Crippen LogP contribution in [-0.2, 0) is 0 Å². The number of hydrogen-bond acceptors (Lipinski definition) is 5. The van der Waals surface area contributed by atoms with E-state index in [0.29, 0.717) is 60.4 Å². The van der Waals surface area contributed by atoms with Crippen molar-refractivity contribution in [1.29, 1.82) is 0 Å². The van der Waals surface area contributed by atoms with Gasteiger partial charge in [-0.1, -0.05) is 12.2 Å². The van der Waals surface area contributed by atoms with E-state index < -0.39 is 0 Å². The molecular weight excluding hydrogens is 344 g/mol. The van der Waals surface area contributed by atoms with Crippen LogP contribution >= 0.6 is 0 Å². The first-order valence-corrected chi connectivity index (χ1v) is 9.74. The molecule has 3 atom stereocenters. The Morgan fingerprint density at radius 1 is 1.07 bits per heavy atom. The molecular formula is C21H28N2O4. The van der Waals surface area contributed by atoms with Gasteiger partial charge in [0, 0.05) is 17.7 Å². The second-order valence-electron chi connectivity index (χ2n) is 6.76. The Kier molecular flexibility index (Phi) is 6.37. The minimum absolute atomic E-state index is 0.296. The van der Waals surface area contributed by atoms with Gasteiger partial charge in [-0.3, -0.25) is 4.79 Å². The Balaban J connectivity index is 1.73. The molecule has 2 aliphatic rings. The molecule has 3 rings (SSSR count). The lowest BCUT2D eigenvalue weighted by atomic mass is 9.95. The van der Waals surface area contributed by atoms with Gasteiger partial charge in [-0.2, -0.15) is 5.10 Å². The standard InChI is InChI=1S/C21H28N2O4/c1-4-25-18-11-16(12-19(26-5-2)20(18)27-6-3)21(24)23-22-13-17-10-14-7-8-15(17)9-14/h7-8,11-15,17H,4-6,9-10H2,1-3H3,(H,23,24)/b22-13-/t14-,15+,17-/m0/s1. The molecule has 6 heteroatoms. The van der Waals surface area contributed by atoms with Crippen LogP contribution < -0.4 is 19.6 Å². The average molecular weight is 372 g/mol. The molecule has 146 valence electrons. The predicted molar refractivity (Wildman–Crippen MR) is 105 cm³/mol. The number of hydrazone groups is 1. The van der Waals surface area contributed by atoms with Crippen molar-refractivity contribution in [3.63, 3.8) is 0 Å². The fourth-order valence-corrected chi connectivity index (χ4v) is 3.77. The highest BCUT2D eigenvalue weighted by molar-refractivity contribution is 5.95. The number of fused-ring (bicyclic) bond motifs is 2. The van der Waals surface area contributed by atoms with E-state index in [-0.39, 0.29) is 5.91 Å². The van der Waals surface area contributed by atoms with Gasteiger partial charge < -0.3 is 14.2 Å². The third-order valence-electron chi connectivity index (χ3n) is 4.93. The smallest absolute Gasteiger partial charge is 0.271 e. The monoisotopic (exact) mass is 372 g/mol. The number of rotatable bonds is 9. The predicted octanol–water partition coefficient (Wildman–Crippen LogP) is 3.81. The number of nitrogens with zero attached hydrogens (tertiary/aromatic N) is 1. The van der Waals surface area contributed by atoms with E-state index in [1.54, 1.807) is 12.1 Å². The van der Waals surface area contributed by atoms with Crippen LogP contribution in [0.15, 0.2) is 29.4 Å². The van der Waals surface area contributed by atoms with Gasteiger partial charge in [-0.15, -0.1) is 0 Å². The summed E-state index contributed by atoms with van der Waals surface area (Å²) in [4.78, 5) is 12.6. The highest BCUT2D eigenvalue weighted by Crippen LogP contribution is 2.42. The Bertz CT molecular complexity index is 702. The van der Waals surface area contributed by atoms with Crippen LogP contribution in [0.5, 0.6) is 17.2 Å². The molecule has 1 aromatic carbocycles. The van der Waals surface area contributed by atoms with Crippen molar-refractivity contribution in [2.75, 3.05) is 19.8 Å². The lowest BCUT2D eigenvalue weighted by Gasteiger charge is -2.16. The van der Waals surface area contributed by atoms with Gasteiger partial charge in [0.15, 0.2) is 11.5 Å². The largest absolute Gasteiger partial charge is 0.490 e. The summed E-state index contributed by atoms with van der Waals surface area (Å²) in [6, 6.07) is 3.34. The number of nitrogens with one attached hydrogen (secondary N) is 1. The summed E-state index contributed by atoms with van der Waals surface area (Å²) >= 11 is 0. The number of amides is 1. The number of benzene rings is 1. The molecule has 1 fully saturated rings. The minimum Gasteiger partial charge on any atom is -0.490 e. The highest BCUT2D eigenvalue weighted by atomic mass is 16.5. The Morgan fingerprint density at radius 2 is 1.74 bits per heavy atom. The van der Waals surface area contributed by atoms with E-state index in [1.807, 2.05) is 27.0 Å². The first-order chi connectivity index (χ1) is 13.2. The zero-order valence-electron chi connectivity index (χ0n) is 16.2. The summed E-state index contributed by atoms with van der Waals surface area (Å²) in [5, 5.41) is 4.19. The van der Waals surface area contributed by atoms with Crippen molar-refractivity contribution in [3.05, 3.63) is 29.8 Å². The van der Waals surface area contributed by atoms with Crippen molar-refractivity contribution >= 4 is 12.1 Å². The zero-order chi connectivity index (χ0) is 19.2. The van der Waals surface area contributed by atoms with Gasteiger partial charge in [0.25, 0.3) is 5.91 Å². The Hall–Kier alpha value is -2.50. The normalized spacial score (nSPS) is 23.0. The van der Waals surface area contributed by atoms with Crippen LogP contribution in [0.2, 0.25) is 0 Å². The maximum absolute atomic E-state index is 12.6. The maximum atomic E-state index is 12.6. The summed E-state index contributed by atoms with van der Waals surface area (Å²) < 4.78 is 17.0. The quantitative estimate of drug-likeness (QED) is 0.407. The molecule has 0 saturated heterocycles. The molecule has 27 heavy (non-hydrogen) atoms. The molecule has 6 nitrogen and oxygen atoms in total. The van der Waals surface area contributed by atoms with Crippen molar-refractivity contribution in [3.8, 4) is 17.2 Å². The number of ether oxygens (including phenoxy) is 3. The number of carbonyl (C=O) groups excluding carboxylic acids is 1. The van der Waals surface area contributed by atoms with Crippen LogP contribution in [0, 0.1) is 17.8 Å². The maximum Gasteiger partial charge on any atom is 0.271 e. The molecule has 0 radical (unpaired) electrons. The zero-order valence-corrected chi connectivity index (χ0v) is 16.2. The molecule has 1 amide bonds. The lowest BCUT2D eigenvalue weighted by Crippen LogP contribution is -2.20. The molecule has 1 aromatic rings. The Labute approximate surface area is 160 Å².